The van der Waals surface area contributed by atoms with Gasteiger partial charge in [0, 0.05) is 18.7 Å². The normalized spacial score (nSPS) is 15.0. The molecule has 3 nitrogen and oxygen atoms in total. The maximum Gasteiger partial charge on any atom is 0.0431 e. The minimum atomic E-state index is 0.106. The average molecular weight is 230 g/mol. The van der Waals surface area contributed by atoms with Crippen molar-refractivity contribution in [2.45, 2.75) is 64.3 Å². The highest BCUT2D eigenvalue weighted by Crippen LogP contribution is 2.13. The van der Waals surface area contributed by atoms with Crippen LogP contribution in [0.1, 0.15) is 58.8 Å². The monoisotopic (exact) mass is 230 g/mol. The number of nitrogens with one attached hydrogen (secondary N) is 1. The maximum absolute atomic E-state index is 8.67. The van der Waals surface area contributed by atoms with Crippen LogP contribution in [0.4, 0.5) is 0 Å². The zero-order valence-electron chi connectivity index (χ0n) is 11.1. The fourth-order valence-electron chi connectivity index (χ4n) is 1.83. The van der Waals surface area contributed by atoms with Gasteiger partial charge in [0.2, 0.25) is 0 Å². The van der Waals surface area contributed by atoms with E-state index in [0.717, 1.165) is 32.2 Å². The average Bonchev–Trinajstić information content (AvgIpc) is 2.29. The van der Waals surface area contributed by atoms with Gasteiger partial charge in [0.1, 0.15) is 0 Å². The molecule has 0 rings (SSSR count). The van der Waals surface area contributed by atoms with Gasteiger partial charge < -0.3 is 16.2 Å². The molecule has 1 unspecified atom stereocenters. The molecule has 0 radical (unpaired) electrons. The van der Waals surface area contributed by atoms with E-state index in [9.17, 15) is 0 Å². The zero-order chi connectivity index (χ0) is 12.3. The maximum atomic E-state index is 8.67. The van der Waals surface area contributed by atoms with E-state index in [1.165, 1.54) is 19.3 Å². The van der Waals surface area contributed by atoms with Crippen LogP contribution in [0.3, 0.4) is 0 Å². The van der Waals surface area contributed by atoms with Crippen LogP contribution in [0.2, 0.25) is 0 Å². The van der Waals surface area contributed by atoms with Gasteiger partial charge in [-0.25, -0.2) is 0 Å². The Labute approximate surface area is 101 Å². The fourth-order valence-corrected chi connectivity index (χ4v) is 1.83. The summed E-state index contributed by atoms with van der Waals surface area (Å²) in [7, 11) is 0. The van der Waals surface area contributed by atoms with Crippen molar-refractivity contribution in [3.8, 4) is 0 Å². The van der Waals surface area contributed by atoms with E-state index in [2.05, 4.69) is 19.2 Å². The van der Waals surface area contributed by atoms with Crippen molar-refractivity contribution >= 4 is 0 Å². The lowest BCUT2D eigenvalue weighted by Crippen LogP contribution is -2.48. The minimum absolute atomic E-state index is 0.106. The number of rotatable bonds is 11. The smallest absolute Gasteiger partial charge is 0.0431 e. The van der Waals surface area contributed by atoms with Gasteiger partial charge in [-0.3, -0.25) is 0 Å². The van der Waals surface area contributed by atoms with Crippen LogP contribution in [0, 0.1) is 0 Å². The Morgan fingerprint density at radius 1 is 1.12 bits per heavy atom. The molecule has 4 N–H and O–H groups in total. The van der Waals surface area contributed by atoms with Gasteiger partial charge in [0.25, 0.3) is 0 Å². The SMILES string of the molecule is CCCCCC(C)(CN)NCCCCCO. The summed E-state index contributed by atoms with van der Waals surface area (Å²) in [5.74, 6) is 0. The fraction of sp³-hybridized carbons (Fsp3) is 1.00. The van der Waals surface area contributed by atoms with Crippen molar-refractivity contribution in [2.75, 3.05) is 19.7 Å². The molecule has 0 heterocycles. The summed E-state index contributed by atoms with van der Waals surface area (Å²) in [5.41, 5.74) is 5.93. The Bertz CT molecular complexity index is 153. The van der Waals surface area contributed by atoms with Crippen LogP contribution >= 0.6 is 0 Å². The summed E-state index contributed by atoms with van der Waals surface area (Å²) in [6, 6.07) is 0. The van der Waals surface area contributed by atoms with Gasteiger partial charge in [0.05, 0.1) is 0 Å². The molecule has 0 aromatic heterocycles. The van der Waals surface area contributed by atoms with Gasteiger partial charge >= 0.3 is 0 Å². The van der Waals surface area contributed by atoms with Gasteiger partial charge in [0.15, 0.2) is 0 Å². The first-order chi connectivity index (χ1) is 7.68. The number of nitrogens with two attached hydrogens (primary N) is 1. The number of aliphatic hydroxyl groups excluding tert-OH is 1. The molecule has 0 bridgehead atoms. The predicted octanol–water partition coefficient (Wildman–Crippen LogP) is 2.04. The lowest BCUT2D eigenvalue weighted by Gasteiger charge is -2.29. The lowest BCUT2D eigenvalue weighted by atomic mass is 9.94. The summed E-state index contributed by atoms with van der Waals surface area (Å²) in [6.07, 6.45) is 8.12. The van der Waals surface area contributed by atoms with Crippen molar-refractivity contribution in [3.63, 3.8) is 0 Å². The molecule has 0 aliphatic carbocycles. The van der Waals surface area contributed by atoms with E-state index in [0.29, 0.717) is 13.2 Å². The first-order valence-corrected chi connectivity index (χ1v) is 6.74. The molecule has 0 saturated carbocycles. The first kappa shape index (κ1) is 15.9. The second-order valence-corrected chi connectivity index (χ2v) is 4.93. The van der Waals surface area contributed by atoms with E-state index in [4.69, 9.17) is 10.8 Å². The molecule has 0 aromatic rings. The molecular weight excluding hydrogens is 200 g/mol. The van der Waals surface area contributed by atoms with Crippen molar-refractivity contribution in [2.24, 2.45) is 5.73 Å². The number of hydrogen-bond acceptors (Lipinski definition) is 3. The van der Waals surface area contributed by atoms with E-state index in [1.807, 2.05) is 0 Å². The van der Waals surface area contributed by atoms with Crippen LogP contribution in [-0.4, -0.2) is 30.3 Å². The van der Waals surface area contributed by atoms with Gasteiger partial charge in [-0.1, -0.05) is 26.2 Å². The second kappa shape index (κ2) is 10.1. The largest absolute Gasteiger partial charge is 0.396 e. The van der Waals surface area contributed by atoms with E-state index < -0.39 is 0 Å². The Morgan fingerprint density at radius 2 is 1.88 bits per heavy atom. The molecule has 0 amide bonds. The standard InChI is InChI=1S/C13H30N2O/c1-3-4-6-9-13(2,12-14)15-10-7-5-8-11-16/h15-16H,3-12,14H2,1-2H3. The minimum Gasteiger partial charge on any atom is -0.396 e. The number of unbranched alkanes of at least 4 members (excludes halogenated alkanes) is 4. The Balaban J connectivity index is 3.61. The summed E-state index contributed by atoms with van der Waals surface area (Å²) < 4.78 is 0. The highest BCUT2D eigenvalue weighted by Gasteiger charge is 2.20. The third-order valence-electron chi connectivity index (χ3n) is 3.17. The van der Waals surface area contributed by atoms with Crippen molar-refractivity contribution in [1.82, 2.24) is 5.32 Å². The Morgan fingerprint density at radius 3 is 2.44 bits per heavy atom. The topological polar surface area (TPSA) is 58.3 Å². The summed E-state index contributed by atoms with van der Waals surface area (Å²) in [6.45, 7) is 6.47. The molecule has 0 saturated heterocycles. The summed E-state index contributed by atoms with van der Waals surface area (Å²) in [5, 5.41) is 12.2. The number of aliphatic hydroxyl groups is 1. The first-order valence-electron chi connectivity index (χ1n) is 6.74. The summed E-state index contributed by atoms with van der Waals surface area (Å²) in [4.78, 5) is 0. The number of hydrogen-bond donors (Lipinski definition) is 3. The molecule has 3 heteroatoms. The molecule has 0 spiro atoms. The van der Waals surface area contributed by atoms with Gasteiger partial charge in [-0.15, -0.1) is 0 Å². The van der Waals surface area contributed by atoms with Gasteiger partial charge in [-0.05, 0) is 39.2 Å². The molecular formula is C13H30N2O. The highest BCUT2D eigenvalue weighted by atomic mass is 16.2. The van der Waals surface area contributed by atoms with Crippen molar-refractivity contribution in [1.29, 1.82) is 0 Å². The van der Waals surface area contributed by atoms with Gasteiger partial charge in [-0.2, -0.15) is 0 Å². The van der Waals surface area contributed by atoms with Crippen molar-refractivity contribution < 1.29 is 5.11 Å². The second-order valence-electron chi connectivity index (χ2n) is 4.93. The molecule has 98 valence electrons. The van der Waals surface area contributed by atoms with Crippen LogP contribution < -0.4 is 11.1 Å². The van der Waals surface area contributed by atoms with Crippen LogP contribution in [-0.2, 0) is 0 Å². The van der Waals surface area contributed by atoms with Crippen molar-refractivity contribution in [3.05, 3.63) is 0 Å². The van der Waals surface area contributed by atoms with Crippen LogP contribution in [0.25, 0.3) is 0 Å². The zero-order valence-corrected chi connectivity index (χ0v) is 11.1. The molecule has 0 aliphatic heterocycles. The van der Waals surface area contributed by atoms with Crippen LogP contribution in [0.5, 0.6) is 0 Å². The summed E-state index contributed by atoms with van der Waals surface area (Å²) >= 11 is 0. The molecule has 16 heavy (non-hydrogen) atoms. The van der Waals surface area contributed by atoms with E-state index >= 15 is 0 Å². The highest BCUT2D eigenvalue weighted by molar-refractivity contribution is 4.83. The van der Waals surface area contributed by atoms with E-state index in [1.54, 1.807) is 0 Å². The van der Waals surface area contributed by atoms with Crippen LogP contribution in [0.15, 0.2) is 0 Å². The molecule has 0 aliphatic rings. The molecule has 0 aromatic carbocycles. The predicted molar refractivity (Wildman–Crippen MR) is 70.5 cm³/mol. The third-order valence-corrected chi connectivity index (χ3v) is 3.17. The quantitative estimate of drug-likeness (QED) is 0.476. The van der Waals surface area contributed by atoms with E-state index in [-0.39, 0.29) is 5.54 Å². The third kappa shape index (κ3) is 8.08. The Kier molecular flexibility index (Phi) is 9.99. The molecule has 0 fully saturated rings. The molecule has 1 atom stereocenters. The lowest BCUT2D eigenvalue weighted by molar-refractivity contribution is 0.278. The Hall–Kier alpha value is -0.120.